The van der Waals surface area contributed by atoms with Gasteiger partial charge in [0, 0.05) is 31.9 Å². The Kier molecular flexibility index (Phi) is 4.30. The molecule has 1 heterocycles. The highest BCUT2D eigenvalue weighted by atomic mass is 15.2. The lowest BCUT2D eigenvalue weighted by molar-refractivity contribution is 0.930. The summed E-state index contributed by atoms with van der Waals surface area (Å²) in [4.78, 5) is 10.5. The minimum atomic E-state index is 0.531. The van der Waals surface area contributed by atoms with Gasteiger partial charge in [-0.05, 0) is 24.6 Å². The number of anilines is 3. The van der Waals surface area contributed by atoms with Crippen molar-refractivity contribution in [1.82, 2.24) is 9.97 Å². The number of nitrogens with two attached hydrogens (primary N) is 1. The van der Waals surface area contributed by atoms with Gasteiger partial charge in [0.25, 0.3) is 0 Å². The Bertz CT molecular complexity index is 541. The molecule has 0 aliphatic heterocycles. The molecule has 19 heavy (non-hydrogen) atoms. The average Bonchev–Trinajstić information content (AvgIpc) is 2.47. The summed E-state index contributed by atoms with van der Waals surface area (Å²) in [5.74, 6) is 1.68. The fraction of sp³-hybridized carbons (Fsp3) is 0.286. The third-order valence-electron chi connectivity index (χ3n) is 2.95. The van der Waals surface area contributed by atoms with Crippen LogP contribution in [0.2, 0.25) is 0 Å². The highest BCUT2D eigenvalue weighted by molar-refractivity contribution is 5.59. The summed E-state index contributed by atoms with van der Waals surface area (Å²) < 4.78 is 0. The van der Waals surface area contributed by atoms with Crippen molar-refractivity contribution in [2.24, 2.45) is 5.73 Å². The van der Waals surface area contributed by atoms with E-state index in [0.717, 1.165) is 29.4 Å². The van der Waals surface area contributed by atoms with Crippen molar-refractivity contribution < 1.29 is 0 Å². The zero-order valence-corrected chi connectivity index (χ0v) is 11.3. The quantitative estimate of drug-likeness (QED) is 0.859. The van der Waals surface area contributed by atoms with Crippen LogP contribution in [-0.4, -0.2) is 23.6 Å². The lowest BCUT2D eigenvalue weighted by Crippen LogP contribution is -2.17. The van der Waals surface area contributed by atoms with Crippen molar-refractivity contribution in [3.8, 4) is 0 Å². The first-order chi connectivity index (χ1) is 9.22. The number of rotatable bonds is 5. The van der Waals surface area contributed by atoms with E-state index in [9.17, 15) is 0 Å². The normalized spacial score (nSPS) is 10.3. The number of aromatic nitrogens is 2. The maximum absolute atomic E-state index is 5.63. The second-order valence-electron chi connectivity index (χ2n) is 4.31. The van der Waals surface area contributed by atoms with E-state index in [1.54, 1.807) is 6.33 Å². The van der Waals surface area contributed by atoms with E-state index in [1.165, 1.54) is 0 Å². The maximum Gasteiger partial charge on any atom is 0.135 e. The zero-order chi connectivity index (χ0) is 13.7. The van der Waals surface area contributed by atoms with Gasteiger partial charge in [-0.1, -0.05) is 12.1 Å². The molecule has 0 saturated heterocycles. The summed E-state index contributed by atoms with van der Waals surface area (Å²) in [6.07, 6.45) is 1.57. The van der Waals surface area contributed by atoms with Gasteiger partial charge < -0.3 is 16.0 Å². The third kappa shape index (κ3) is 3.42. The Morgan fingerprint density at radius 3 is 2.84 bits per heavy atom. The molecule has 0 amide bonds. The topological polar surface area (TPSA) is 67.1 Å². The van der Waals surface area contributed by atoms with Gasteiger partial charge >= 0.3 is 0 Å². The number of nitrogens with zero attached hydrogens (tertiary/aromatic N) is 3. The molecule has 3 N–H and O–H groups in total. The maximum atomic E-state index is 5.63. The Hall–Kier alpha value is -2.14. The molecule has 2 rings (SSSR count). The highest BCUT2D eigenvalue weighted by Gasteiger charge is 2.03. The van der Waals surface area contributed by atoms with Gasteiger partial charge in [0.1, 0.15) is 18.0 Å². The molecule has 5 heteroatoms. The standard InChI is InChI=1S/C14H19N5/c1-3-19(2)14-8-13(16-10-17-14)18-12-6-4-5-11(7-12)9-15/h4-8,10H,3,9,15H2,1-2H3,(H,16,17,18). The largest absolute Gasteiger partial charge is 0.360 e. The molecule has 1 aromatic carbocycles. The molecule has 0 aliphatic carbocycles. The minimum Gasteiger partial charge on any atom is -0.360 e. The van der Waals surface area contributed by atoms with Crippen LogP contribution in [-0.2, 0) is 6.54 Å². The van der Waals surface area contributed by atoms with Crippen LogP contribution in [0.1, 0.15) is 12.5 Å². The van der Waals surface area contributed by atoms with Crippen molar-refractivity contribution >= 4 is 17.3 Å². The van der Waals surface area contributed by atoms with E-state index in [1.807, 2.05) is 37.4 Å². The van der Waals surface area contributed by atoms with Crippen molar-refractivity contribution in [3.63, 3.8) is 0 Å². The van der Waals surface area contributed by atoms with E-state index in [0.29, 0.717) is 6.54 Å². The Labute approximate surface area is 113 Å². The first-order valence-electron chi connectivity index (χ1n) is 6.32. The first kappa shape index (κ1) is 13.3. The summed E-state index contributed by atoms with van der Waals surface area (Å²) in [7, 11) is 2.00. The van der Waals surface area contributed by atoms with Crippen LogP contribution in [0.3, 0.4) is 0 Å². The Balaban J connectivity index is 2.18. The van der Waals surface area contributed by atoms with Gasteiger partial charge in [0.15, 0.2) is 0 Å². The van der Waals surface area contributed by atoms with Crippen LogP contribution >= 0.6 is 0 Å². The molecule has 0 radical (unpaired) electrons. The molecule has 2 aromatic rings. The predicted octanol–water partition coefficient (Wildman–Crippen LogP) is 2.13. The van der Waals surface area contributed by atoms with E-state index in [4.69, 9.17) is 5.73 Å². The minimum absolute atomic E-state index is 0.531. The summed E-state index contributed by atoms with van der Waals surface area (Å²) in [5, 5.41) is 3.26. The average molecular weight is 257 g/mol. The fourth-order valence-electron chi connectivity index (χ4n) is 1.71. The number of hydrogen-bond donors (Lipinski definition) is 2. The van der Waals surface area contributed by atoms with Crippen LogP contribution in [0.5, 0.6) is 0 Å². The van der Waals surface area contributed by atoms with Crippen LogP contribution < -0.4 is 16.0 Å². The first-order valence-corrected chi connectivity index (χ1v) is 6.32. The second kappa shape index (κ2) is 6.15. The molecule has 0 fully saturated rings. The molecule has 100 valence electrons. The molecule has 1 aromatic heterocycles. The predicted molar refractivity (Wildman–Crippen MR) is 78.6 cm³/mol. The lowest BCUT2D eigenvalue weighted by atomic mass is 10.2. The second-order valence-corrected chi connectivity index (χ2v) is 4.31. The summed E-state index contributed by atoms with van der Waals surface area (Å²) in [6.45, 7) is 3.52. The van der Waals surface area contributed by atoms with Gasteiger partial charge in [-0.25, -0.2) is 9.97 Å². The molecule has 0 aliphatic rings. The van der Waals surface area contributed by atoms with E-state index in [-0.39, 0.29) is 0 Å². The monoisotopic (exact) mass is 257 g/mol. The smallest absolute Gasteiger partial charge is 0.135 e. The Morgan fingerprint density at radius 2 is 2.11 bits per heavy atom. The van der Waals surface area contributed by atoms with Gasteiger partial charge in [0.05, 0.1) is 0 Å². The molecule has 0 spiro atoms. The summed E-state index contributed by atoms with van der Waals surface area (Å²) in [6, 6.07) is 9.92. The molecule has 0 bridgehead atoms. The van der Waals surface area contributed by atoms with Crippen LogP contribution in [0.15, 0.2) is 36.7 Å². The molecule has 0 atom stereocenters. The van der Waals surface area contributed by atoms with Crippen LogP contribution in [0.25, 0.3) is 0 Å². The van der Waals surface area contributed by atoms with Crippen LogP contribution in [0.4, 0.5) is 17.3 Å². The highest BCUT2D eigenvalue weighted by Crippen LogP contribution is 2.18. The number of benzene rings is 1. The third-order valence-corrected chi connectivity index (χ3v) is 2.95. The molecule has 0 unspecified atom stereocenters. The number of hydrogen-bond acceptors (Lipinski definition) is 5. The zero-order valence-electron chi connectivity index (χ0n) is 11.3. The Morgan fingerprint density at radius 1 is 1.26 bits per heavy atom. The van der Waals surface area contributed by atoms with Crippen molar-refractivity contribution in [2.75, 3.05) is 23.8 Å². The van der Waals surface area contributed by atoms with E-state index < -0.39 is 0 Å². The fourth-order valence-corrected chi connectivity index (χ4v) is 1.71. The van der Waals surface area contributed by atoms with Gasteiger partial charge in [0.2, 0.25) is 0 Å². The van der Waals surface area contributed by atoms with Gasteiger partial charge in [-0.3, -0.25) is 0 Å². The lowest BCUT2D eigenvalue weighted by Gasteiger charge is -2.16. The van der Waals surface area contributed by atoms with E-state index >= 15 is 0 Å². The molecular weight excluding hydrogens is 238 g/mol. The molecule has 5 nitrogen and oxygen atoms in total. The molecular formula is C14H19N5. The van der Waals surface area contributed by atoms with E-state index in [2.05, 4.69) is 27.1 Å². The van der Waals surface area contributed by atoms with Gasteiger partial charge in [-0.2, -0.15) is 0 Å². The summed E-state index contributed by atoms with van der Waals surface area (Å²) in [5.41, 5.74) is 7.70. The number of nitrogens with one attached hydrogen (secondary N) is 1. The summed E-state index contributed by atoms with van der Waals surface area (Å²) >= 11 is 0. The van der Waals surface area contributed by atoms with Gasteiger partial charge in [-0.15, -0.1) is 0 Å². The van der Waals surface area contributed by atoms with Crippen molar-refractivity contribution in [2.45, 2.75) is 13.5 Å². The van der Waals surface area contributed by atoms with Crippen LogP contribution in [0, 0.1) is 0 Å². The molecule has 0 saturated carbocycles. The van der Waals surface area contributed by atoms with Crippen molar-refractivity contribution in [1.29, 1.82) is 0 Å². The van der Waals surface area contributed by atoms with Crippen molar-refractivity contribution in [3.05, 3.63) is 42.2 Å². The SMILES string of the molecule is CCN(C)c1cc(Nc2cccc(CN)c2)ncn1.